The molecule has 3 N–H and O–H groups in total. The Hall–Kier alpha value is -2.61. The van der Waals surface area contributed by atoms with E-state index in [-0.39, 0.29) is 26.3 Å². The zero-order chi connectivity index (χ0) is 18.7. The molecule has 2 heterocycles. The average Bonchev–Trinajstić information content (AvgIpc) is 3.03. The van der Waals surface area contributed by atoms with Crippen LogP contribution in [0.5, 0.6) is 0 Å². The van der Waals surface area contributed by atoms with Crippen LogP contribution in [0.1, 0.15) is 10.4 Å². The summed E-state index contributed by atoms with van der Waals surface area (Å²) in [5, 5.41) is 15.2. The molecule has 0 unspecified atom stereocenters. The van der Waals surface area contributed by atoms with Gasteiger partial charge in [0.05, 0.1) is 21.3 Å². The van der Waals surface area contributed by atoms with Crippen LogP contribution in [-0.2, 0) is 0 Å². The smallest absolute Gasteiger partial charge is 0.338 e. The topological polar surface area (TPSA) is 91.3 Å². The monoisotopic (exact) mass is 407 g/mol. The fourth-order valence-electron chi connectivity index (χ4n) is 2.16. The van der Waals surface area contributed by atoms with Gasteiger partial charge in [0.25, 0.3) is 0 Å². The summed E-state index contributed by atoms with van der Waals surface area (Å²) < 4.78 is 0. The van der Waals surface area contributed by atoms with E-state index in [9.17, 15) is 14.7 Å². The van der Waals surface area contributed by atoms with Crippen molar-refractivity contribution in [2.45, 2.75) is 0 Å². The first-order valence-corrected chi connectivity index (χ1v) is 8.82. The highest BCUT2D eigenvalue weighted by Crippen LogP contribution is 2.36. The maximum absolute atomic E-state index is 12.3. The van der Waals surface area contributed by atoms with Gasteiger partial charge in [0.1, 0.15) is 5.00 Å². The van der Waals surface area contributed by atoms with Gasteiger partial charge in [-0.1, -0.05) is 35.3 Å². The molecule has 0 fully saturated rings. The minimum atomic E-state index is -1.15. The van der Waals surface area contributed by atoms with Gasteiger partial charge in [-0.15, -0.1) is 11.3 Å². The third-order valence-corrected chi connectivity index (χ3v) is 5.07. The Morgan fingerprint density at radius 1 is 1.08 bits per heavy atom. The lowest BCUT2D eigenvalue weighted by atomic mass is 10.2. The number of carbonyl (C=O) groups excluding carboxylic acids is 1. The Bertz CT molecular complexity index is 956. The standard InChI is InChI=1S/C17H11Cl2N3O3S/c18-11-4-1-5-12(19)14(11)21-17(25)22-15-10(16(23)24)7-13(26-15)9-3-2-6-20-8-9/h1-8H,(H,23,24)(H2,21,22,25). The lowest BCUT2D eigenvalue weighted by Crippen LogP contribution is -2.20. The number of thiophene rings is 1. The lowest BCUT2D eigenvalue weighted by Gasteiger charge is -2.10. The molecule has 0 radical (unpaired) electrons. The number of hydrogen-bond acceptors (Lipinski definition) is 4. The third-order valence-electron chi connectivity index (χ3n) is 3.34. The summed E-state index contributed by atoms with van der Waals surface area (Å²) in [7, 11) is 0. The van der Waals surface area contributed by atoms with Gasteiger partial charge in [-0.3, -0.25) is 10.3 Å². The number of halogens is 2. The molecule has 0 bridgehead atoms. The SMILES string of the molecule is O=C(Nc1sc(-c2cccnc2)cc1C(=O)O)Nc1c(Cl)cccc1Cl. The number of carboxylic acids is 1. The van der Waals surface area contributed by atoms with E-state index in [4.69, 9.17) is 23.2 Å². The van der Waals surface area contributed by atoms with Gasteiger partial charge in [-0.05, 0) is 24.3 Å². The molecule has 3 rings (SSSR count). The molecule has 2 aromatic heterocycles. The highest BCUT2D eigenvalue weighted by Gasteiger charge is 2.19. The summed E-state index contributed by atoms with van der Waals surface area (Å²) in [6.45, 7) is 0. The van der Waals surface area contributed by atoms with Crippen molar-refractivity contribution in [1.82, 2.24) is 4.98 Å². The number of nitrogens with zero attached hydrogens (tertiary/aromatic N) is 1. The van der Waals surface area contributed by atoms with Crippen LogP contribution >= 0.6 is 34.5 Å². The van der Waals surface area contributed by atoms with Gasteiger partial charge in [0.2, 0.25) is 0 Å². The summed E-state index contributed by atoms with van der Waals surface area (Å²) in [4.78, 5) is 28.4. The molecule has 0 spiro atoms. The van der Waals surface area contributed by atoms with Crippen LogP contribution in [0, 0.1) is 0 Å². The summed E-state index contributed by atoms with van der Waals surface area (Å²) in [5.41, 5.74) is 0.978. The molecule has 0 atom stereocenters. The summed E-state index contributed by atoms with van der Waals surface area (Å²) in [6.07, 6.45) is 3.24. The minimum absolute atomic E-state index is 0.0192. The van der Waals surface area contributed by atoms with E-state index in [2.05, 4.69) is 15.6 Å². The number of anilines is 2. The molecule has 0 aliphatic carbocycles. The van der Waals surface area contributed by atoms with Gasteiger partial charge in [-0.25, -0.2) is 9.59 Å². The number of aromatic nitrogens is 1. The molecular formula is C17H11Cl2N3O3S. The molecule has 2 amide bonds. The Balaban J connectivity index is 1.86. The van der Waals surface area contributed by atoms with Gasteiger partial charge < -0.3 is 10.4 Å². The van der Waals surface area contributed by atoms with Crippen molar-refractivity contribution in [2.75, 3.05) is 10.6 Å². The van der Waals surface area contributed by atoms with Crippen LogP contribution in [0.15, 0.2) is 48.8 Å². The fourth-order valence-corrected chi connectivity index (χ4v) is 3.69. The van der Waals surface area contributed by atoms with E-state index < -0.39 is 12.0 Å². The fraction of sp³-hybridized carbons (Fsp3) is 0. The van der Waals surface area contributed by atoms with Gasteiger partial charge in [-0.2, -0.15) is 0 Å². The van der Waals surface area contributed by atoms with Crippen molar-refractivity contribution in [3.8, 4) is 10.4 Å². The normalized spacial score (nSPS) is 10.4. The van der Waals surface area contributed by atoms with Crippen LogP contribution in [-0.4, -0.2) is 22.1 Å². The quantitative estimate of drug-likeness (QED) is 0.535. The molecule has 132 valence electrons. The third kappa shape index (κ3) is 3.96. The number of nitrogens with one attached hydrogen (secondary N) is 2. The molecule has 0 aliphatic rings. The average molecular weight is 408 g/mol. The number of amides is 2. The highest BCUT2D eigenvalue weighted by molar-refractivity contribution is 7.20. The first kappa shape index (κ1) is 18.2. The predicted octanol–water partition coefficient (Wildman–Crippen LogP) is 5.46. The largest absolute Gasteiger partial charge is 0.478 e. The van der Waals surface area contributed by atoms with Gasteiger partial charge in [0.15, 0.2) is 0 Å². The lowest BCUT2D eigenvalue weighted by molar-refractivity contribution is 0.0698. The Labute approximate surface area is 162 Å². The molecule has 0 saturated carbocycles. The summed E-state index contributed by atoms with van der Waals surface area (Å²) in [6, 6.07) is 9.20. The zero-order valence-corrected chi connectivity index (χ0v) is 15.3. The van der Waals surface area contributed by atoms with Crippen LogP contribution in [0.2, 0.25) is 10.0 Å². The van der Waals surface area contributed by atoms with Crippen molar-refractivity contribution >= 4 is 57.2 Å². The van der Waals surface area contributed by atoms with Crippen LogP contribution in [0.3, 0.4) is 0 Å². The first-order valence-electron chi connectivity index (χ1n) is 7.25. The number of para-hydroxylation sites is 1. The summed E-state index contributed by atoms with van der Waals surface area (Å²) >= 11 is 13.2. The molecule has 26 heavy (non-hydrogen) atoms. The Morgan fingerprint density at radius 2 is 1.81 bits per heavy atom. The van der Waals surface area contributed by atoms with Crippen molar-refractivity contribution in [3.63, 3.8) is 0 Å². The number of pyridine rings is 1. The van der Waals surface area contributed by atoms with E-state index in [1.807, 2.05) is 0 Å². The number of rotatable bonds is 4. The molecule has 9 heteroatoms. The number of urea groups is 1. The van der Waals surface area contributed by atoms with Crippen molar-refractivity contribution in [2.24, 2.45) is 0 Å². The van der Waals surface area contributed by atoms with Crippen LogP contribution < -0.4 is 10.6 Å². The zero-order valence-electron chi connectivity index (χ0n) is 13.0. The maximum Gasteiger partial charge on any atom is 0.338 e. The molecular weight excluding hydrogens is 397 g/mol. The molecule has 6 nitrogen and oxygen atoms in total. The second-order valence-corrected chi connectivity index (χ2v) is 6.94. The number of carbonyl (C=O) groups is 2. The molecule has 1 aromatic carbocycles. The second-order valence-electron chi connectivity index (χ2n) is 5.08. The van der Waals surface area contributed by atoms with E-state index >= 15 is 0 Å². The predicted molar refractivity (Wildman–Crippen MR) is 104 cm³/mol. The van der Waals surface area contributed by atoms with Crippen LogP contribution in [0.25, 0.3) is 10.4 Å². The van der Waals surface area contributed by atoms with E-state index in [1.54, 1.807) is 42.7 Å². The van der Waals surface area contributed by atoms with Gasteiger partial charge in [0, 0.05) is 22.8 Å². The maximum atomic E-state index is 12.3. The number of carboxylic acid groups (broad SMARTS) is 1. The van der Waals surface area contributed by atoms with E-state index in [1.165, 1.54) is 6.07 Å². The number of aromatic carboxylic acids is 1. The highest BCUT2D eigenvalue weighted by atomic mass is 35.5. The first-order chi connectivity index (χ1) is 12.5. The van der Waals surface area contributed by atoms with E-state index in [0.29, 0.717) is 4.88 Å². The Kier molecular flexibility index (Phi) is 5.41. The minimum Gasteiger partial charge on any atom is -0.478 e. The van der Waals surface area contributed by atoms with Crippen molar-refractivity contribution in [3.05, 3.63) is 64.4 Å². The van der Waals surface area contributed by atoms with Crippen LogP contribution in [0.4, 0.5) is 15.5 Å². The number of benzene rings is 1. The Morgan fingerprint density at radius 3 is 2.42 bits per heavy atom. The molecule has 0 saturated heterocycles. The second kappa shape index (κ2) is 7.74. The summed E-state index contributed by atoms with van der Waals surface area (Å²) in [5.74, 6) is -1.15. The van der Waals surface area contributed by atoms with Gasteiger partial charge >= 0.3 is 12.0 Å². The number of hydrogen-bond donors (Lipinski definition) is 3. The van der Waals surface area contributed by atoms with E-state index in [0.717, 1.165) is 16.9 Å². The molecule has 0 aliphatic heterocycles. The molecule has 3 aromatic rings. The van der Waals surface area contributed by atoms with Crippen molar-refractivity contribution < 1.29 is 14.7 Å². The van der Waals surface area contributed by atoms with Crippen molar-refractivity contribution in [1.29, 1.82) is 0 Å².